The molecule has 0 bridgehead atoms. The lowest BCUT2D eigenvalue weighted by Crippen LogP contribution is -2.64. The Labute approximate surface area is 131 Å². The zero-order chi connectivity index (χ0) is 15.1. The molecule has 2 aliphatic heterocycles. The number of benzene rings is 1. The van der Waals surface area contributed by atoms with E-state index in [1.165, 1.54) is 9.80 Å². The Morgan fingerprint density at radius 3 is 2.48 bits per heavy atom. The van der Waals surface area contributed by atoms with Gasteiger partial charge in [-0.25, -0.2) is 9.79 Å². The number of rotatable bonds is 2. The number of carbonyl (C=O) groups is 2. The van der Waals surface area contributed by atoms with Crippen LogP contribution in [0.1, 0.15) is 5.56 Å². The van der Waals surface area contributed by atoms with Gasteiger partial charge in [0.2, 0.25) is 0 Å². The molecule has 0 saturated carbocycles. The Morgan fingerprint density at radius 1 is 1.14 bits per heavy atom. The molecule has 2 heterocycles. The molecule has 0 aromatic heterocycles. The molecular weight excluding hydrogens is 336 g/mol. The number of likely N-dealkylation sites (N-methyl/N-ethyl adjacent to an activating group) is 2. The molecule has 0 N–H and O–H groups in total. The fourth-order valence-corrected chi connectivity index (χ4v) is 3.08. The third-order valence-electron chi connectivity index (χ3n) is 3.86. The van der Waals surface area contributed by atoms with Crippen LogP contribution in [0.3, 0.4) is 0 Å². The molecule has 1 aromatic rings. The molecule has 0 radical (unpaired) electrons. The Balaban J connectivity index is 1.89. The summed E-state index contributed by atoms with van der Waals surface area (Å²) in [6, 6.07) is 8.70. The van der Waals surface area contributed by atoms with Crippen LogP contribution in [-0.4, -0.2) is 57.7 Å². The summed E-state index contributed by atoms with van der Waals surface area (Å²) < 4.78 is 0.590. The Kier molecular flexibility index (Phi) is 3.44. The Bertz CT molecular complexity index is 619. The van der Waals surface area contributed by atoms with E-state index in [4.69, 9.17) is 0 Å². The number of amides is 3. The molecule has 2 aliphatic rings. The van der Waals surface area contributed by atoms with Crippen LogP contribution in [0.15, 0.2) is 35.3 Å². The van der Waals surface area contributed by atoms with Crippen molar-refractivity contribution in [2.45, 2.75) is 18.8 Å². The van der Waals surface area contributed by atoms with Crippen molar-refractivity contribution in [1.82, 2.24) is 14.7 Å². The summed E-state index contributed by atoms with van der Waals surface area (Å²) >= 11 is 3.32. The molecule has 1 saturated heterocycles. The first-order valence-corrected chi connectivity index (χ1v) is 7.38. The van der Waals surface area contributed by atoms with Crippen molar-refractivity contribution in [3.8, 4) is 0 Å². The maximum absolute atomic E-state index is 12.7. The second kappa shape index (κ2) is 5.14. The zero-order valence-corrected chi connectivity index (χ0v) is 13.3. The van der Waals surface area contributed by atoms with Gasteiger partial charge in [-0.3, -0.25) is 9.69 Å². The van der Waals surface area contributed by atoms with Crippen LogP contribution in [0.5, 0.6) is 0 Å². The first-order valence-electron chi connectivity index (χ1n) is 6.59. The molecule has 1 aromatic carbocycles. The van der Waals surface area contributed by atoms with E-state index >= 15 is 0 Å². The molecule has 1 fully saturated rings. The third-order valence-corrected chi connectivity index (χ3v) is 4.63. The van der Waals surface area contributed by atoms with Gasteiger partial charge in [0.1, 0.15) is 0 Å². The van der Waals surface area contributed by atoms with Crippen molar-refractivity contribution in [2.24, 2.45) is 4.99 Å². The number of imide groups is 1. The number of carbonyl (C=O) groups excluding carboxylic acids is 2. The second-order valence-electron chi connectivity index (χ2n) is 5.17. The molecule has 6 nitrogen and oxygen atoms in total. The van der Waals surface area contributed by atoms with Gasteiger partial charge in [-0.1, -0.05) is 30.3 Å². The second-order valence-corrected chi connectivity index (χ2v) is 5.88. The molecule has 3 amide bonds. The van der Waals surface area contributed by atoms with Gasteiger partial charge in [-0.15, -0.1) is 0 Å². The normalized spacial score (nSPS) is 25.3. The van der Waals surface area contributed by atoms with Crippen LogP contribution in [-0.2, 0) is 11.3 Å². The Morgan fingerprint density at radius 2 is 1.81 bits per heavy atom. The summed E-state index contributed by atoms with van der Waals surface area (Å²) in [5.74, 6) is -0.215. The number of nitrogens with zero attached hydrogens (tertiary/aromatic N) is 4. The summed E-state index contributed by atoms with van der Waals surface area (Å²) in [6.07, 6.45) is -0.462. The fraction of sp³-hybridized carbons (Fsp3) is 0.357. The lowest BCUT2D eigenvalue weighted by molar-refractivity contribution is -0.137. The predicted octanol–water partition coefficient (Wildman–Crippen LogP) is 1.47. The van der Waals surface area contributed by atoms with Crippen molar-refractivity contribution in [3.05, 3.63) is 35.9 Å². The van der Waals surface area contributed by atoms with Gasteiger partial charge in [0, 0.05) is 14.1 Å². The van der Waals surface area contributed by atoms with Crippen LogP contribution in [0.4, 0.5) is 4.79 Å². The molecule has 7 heteroatoms. The van der Waals surface area contributed by atoms with Gasteiger partial charge in [0.15, 0.2) is 17.0 Å². The predicted molar refractivity (Wildman–Crippen MR) is 81.9 cm³/mol. The van der Waals surface area contributed by atoms with E-state index in [0.29, 0.717) is 4.74 Å². The van der Waals surface area contributed by atoms with E-state index in [0.717, 1.165) is 5.56 Å². The number of fused-ring (bicyclic) bond motifs is 1. The molecule has 2 atom stereocenters. The maximum atomic E-state index is 12.7. The van der Waals surface area contributed by atoms with Crippen molar-refractivity contribution in [3.63, 3.8) is 0 Å². The molecule has 0 spiro atoms. The van der Waals surface area contributed by atoms with Gasteiger partial charge in [0.25, 0.3) is 5.91 Å². The fourth-order valence-electron chi connectivity index (χ4n) is 2.65. The lowest BCUT2D eigenvalue weighted by atomic mass is 10.1. The molecular formula is C14H15BrN4O2. The van der Waals surface area contributed by atoms with Crippen LogP contribution >= 0.6 is 15.9 Å². The monoisotopic (exact) mass is 350 g/mol. The van der Waals surface area contributed by atoms with Gasteiger partial charge in [-0.2, -0.15) is 0 Å². The maximum Gasteiger partial charge on any atom is 0.328 e. The van der Waals surface area contributed by atoms with E-state index < -0.39 is 12.2 Å². The topological polar surface area (TPSA) is 56.2 Å². The highest BCUT2D eigenvalue weighted by atomic mass is 79.9. The molecule has 21 heavy (non-hydrogen) atoms. The summed E-state index contributed by atoms with van der Waals surface area (Å²) in [5, 5.41) is 0. The van der Waals surface area contributed by atoms with Crippen molar-refractivity contribution >= 4 is 32.6 Å². The minimum absolute atomic E-state index is 0.215. The third kappa shape index (κ3) is 2.21. The minimum atomic E-state index is -0.467. The number of hydrogen-bond acceptors (Lipinski definition) is 4. The molecule has 3 rings (SSSR count). The van der Waals surface area contributed by atoms with Crippen LogP contribution in [0.2, 0.25) is 0 Å². The average Bonchev–Trinajstić information content (AvgIpc) is 2.79. The lowest BCUT2D eigenvalue weighted by Gasteiger charge is -2.40. The molecule has 0 aliphatic carbocycles. The first kappa shape index (κ1) is 14.1. The molecule has 110 valence electrons. The van der Waals surface area contributed by atoms with Crippen molar-refractivity contribution in [2.75, 3.05) is 14.1 Å². The summed E-state index contributed by atoms with van der Waals surface area (Å²) in [7, 11) is 3.47. The molecule has 2 unspecified atom stereocenters. The number of halogens is 1. The van der Waals surface area contributed by atoms with E-state index in [1.54, 1.807) is 19.0 Å². The minimum Gasteiger partial charge on any atom is -0.338 e. The largest absolute Gasteiger partial charge is 0.338 e. The Hall–Kier alpha value is -1.89. The van der Waals surface area contributed by atoms with E-state index in [9.17, 15) is 9.59 Å². The quantitative estimate of drug-likeness (QED) is 0.759. The highest BCUT2D eigenvalue weighted by Gasteiger charge is 2.50. The number of urea groups is 1. The number of amidine groups is 1. The van der Waals surface area contributed by atoms with Crippen molar-refractivity contribution < 1.29 is 9.59 Å². The SMILES string of the molecule is CN1C(=O)N(Cc2ccccc2)C(=O)C2C1N=C(Br)N2C. The van der Waals surface area contributed by atoms with Gasteiger partial charge in [-0.05, 0) is 21.5 Å². The van der Waals surface area contributed by atoms with Gasteiger partial charge < -0.3 is 9.80 Å². The number of hydrogen-bond donors (Lipinski definition) is 0. The van der Waals surface area contributed by atoms with Crippen LogP contribution in [0.25, 0.3) is 0 Å². The standard InChI is InChI=1S/C14H15BrN4O2/c1-17-10-11(16-13(17)15)18(2)14(21)19(12(10)20)8-9-6-4-3-5-7-9/h3-7,10-11H,8H2,1-2H3. The average molecular weight is 351 g/mol. The summed E-state index contributed by atoms with van der Waals surface area (Å²) in [5.41, 5.74) is 0.923. The van der Waals surface area contributed by atoms with Gasteiger partial charge >= 0.3 is 6.03 Å². The van der Waals surface area contributed by atoms with E-state index in [2.05, 4.69) is 20.9 Å². The zero-order valence-electron chi connectivity index (χ0n) is 11.7. The highest BCUT2D eigenvalue weighted by Crippen LogP contribution is 2.28. The first-order chi connectivity index (χ1) is 10.0. The smallest absolute Gasteiger partial charge is 0.328 e. The van der Waals surface area contributed by atoms with Gasteiger partial charge in [0.05, 0.1) is 6.54 Å². The summed E-state index contributed by atoms with van der Waals surface area (Å²) in [4.78, 5) is 34.0. The van der Waals surface area contributed by atoms with Crippen LogP contribution < -0.4 is 0 Å². The number of aliphatic imine (C=N–C) groups is 1. The van der Waals surface area contributed by atoms with E-state index in [-0.39, 0.29) is 18.5 Å². The van der Waals surface area contributed by atoms with Crippen LogP contribution in [0, 0.1) is 0 Å². The summed E-state index contributed by atoms with van der Waals surface area (Å²) in [6.45, 7) is 0.275. The van der Waals surface area contributed by atoms with E-state index in [1.807, 2.05) is 30.3 Å². The highest BCUT2D eigenvalue weighted by molar-refractivity contribution is 9.18. The van der Waals surface area contributed by atoms with Crippen molar-refractivity contribution in [1.29, 1.82) is 0 Å².